The molecule has 1 rings (SSSR count). The first-order valence-corrected chi connectivity index (χ1v) is 7.12. The van der Waals surface area contributed by atoms with E-state index in [2.05, 4.69) is 13.8 Å². The van der Waals surface area contributed by atoms with Crippen molar-refractivity contribution in [2.45, 2.75) is 52.0 Å². The number of amides is 1. The molecular weight excluding hydrogens is 224 g/mol. The fourth-order valence-corrected chi connectivity index (χ4v) is 2.04. The van der Waals surface area contributed by atoms with Crippen molar-refractivity contribution in [1.29, 1.82) is 0 Å². The second-order valence-corrected chi connectivity index (χ2v) is 4.92. The first-order valence-electron chi connectivity index (χ1n) is 7.12. The Bertz CT molecular complexity index is 312. The van der Waals surface area contributed by atoms with E-state index in [4.69, 9.17) is 5.73 Å². The average molecular weight is 250 g/mol. The van der Waals surface area contributed by atoms with Gasteiger partial charge in [0, 0.05) is 24.7 Å². The Hall–Kier alpha value is -1.09. The lowest BCUT2D eigenvalue weighted by Crippen LogP contribution is -2.35. The van der Waals surface area contributed by atoms with Gasteiger partial charge in [-0.2, -0.15) is 0 Å². The molecule has 0 spiro atoms. The molecule has 1 aliphatic carbocycles. The molecule has 0 saturated heterocycles. The highest BCUT2D eigenvalue weighted by Crippen LogP contribution is 2.13. The third-order valence-electron chi connectivity index (χ3n) is 3.20. The van der Waals surface area contributed by atoms with Crippen LogP contribution in [0.3, 0.4) is 0 Å². The van der Waals surface area contributed by atoms with Crippen molar-refractivity contribution < 1.29 is 4.79 Å². The van der Waals surface area contributed by atoms with Crippen LogP contribution in [0.25, 0.3) is 0 Å². The lowest BCUT2D eigenvalue weighted by Gasteiger charge is -2.24. The summed E-state index contributed by atoms with van der Waals surface area (Å²) in [5.74, 6) is 0.142. The van der Waals surface area contributed by atoms with Crippen LogP contribution in [0.5, 0.6) is 0 Å². The van der Waals surface area contributed by atoms with Crippen LogP contribution >= 0.6 is 0 Å². The zero-order valence-corrected chi connectivity index (χ0v) is 11.7. The summed E-state index contributed by atoms with van der Waals surface area (Å²) < 4.78 is 0. The minimum atomic E-state index is -0.00634. The van der Waals surface area contributed by atoms with Crippen LogP contribution in [0.4, 0.5) is 0 Å². The largest absolute Gasteiger partial charge is 0.339 e. The molecule has 0 radical (unpaired) electrons. The van der Waals surface area contributed by atoms with Crippen LogP contribution in [0.2, 0.25) is 0 Å². The zero-order chi connectivity index (χ0) is 13.4. The maximum Gasteiger partial charge on any atom is 0.253 e. The van der Waals surface area contributed by atoms with E-state index >= 15 is 0 Å². The van der Waals surface area contributed by atoms with E-state index in [1.165, 1.54) is 0 Å². The molecule has 102 valence electrons. The number of carbonyl (C=O) groups excluding carboxylic acids is 1. The monoisotopic (exact) mass is 250 g/mol. The number of rotatable bonds is 7. The summed E-state index contributed by atoms with van der Waals surface area (Å²) in [5, 5.41) is 0. The quantitative estimate of drug-likeness (QED) is 0.755. The maximum atomic E-state index is 12.4. The van der Waals surface area contributed by atoms with Crippen LogP contribution in [0, 0.1) is 0 Å². The molecule has 2 N–H and O–H groups in total. The zero-order valence-electron chi connectivity index (χ0n) is 11.7. The second-order valence-electron chi connectivity index (χ2n) is 4.92. The van der Waals surface area contributed by atoms with E-state index in [1.807, 2.05) is 23.1 Å². The first kappa shape index (κ1) is 15.0. The first-order chi connectivity index (χ1) is 8.69. The van der Waals surface area contributed by atoms with Gasteiger partial charge < -0.3 is 10.6 Å². The van der Waals surface area contributed by atoms with Crippen LogP contribution in [0.1, 0.15) is 46.0 Å². The highest BCUT2D eigenvalue weighted by atomic mass is 16.2. The summed E-state index contributed by atoms with van der Waals surface area (Å²) in [6.07, 6.45) is 11.0. The fourth-order valence-electron chi connectivity index (χ4n) is 2.04. The van der Waals surface area contributed by atoms with Crippen LogP contribution < -0.4 is 5.73 Å². The molecule has 0 heterocycles. The van der Waals surface area contributed by atoms with Crippen molar-refractivity contribution in [3.05, 3.63) is 23.8 Å². The summed E-state index contributed by atoms with van der Waals surface area (Å²) in [4.78, 5) is 14.4. The van der Waals surface area contributed by atoms with Gasteiger partial charge in [-0.05, 0) is 19.3 Å². The summed E-state index contributed by atoms with van der Waals surface area (Å²) in [7, 11) is 0. The highest BCUT2D eigenvalue weighted by Gasteiger charge is 2.18. The van der Waals surface area contributed by atoms with E-state index in [0.717, 1.165) is 50.8 Å². The van der Waals surface area contributed by atoms with Crippen molar-refractivity contribution in [1.82, 2.24) is 4.90 Å². The van der Waals surface area contributed by atoms with Gasteiger partial charge in [-0.3, -0.25) is 4.79 Å². The van der Waals surface area contributed by atoms with Crippen molar-refractivity contribution in [2.75, 3.05) is 13.1 Å². The molecule has 18 heavy (non-hydrogen) atoms. The molecule has 1 amide bonds. The normalized spacial score (nSPS) is 18.6. The summed E-state index contributed by atoms with van der Waals surface area (Å²) in [6, 6.07) is -0.00634. The van der Waals surface area contributed by atoms with Gasteiger partial charge in [-0.25, -0.2) is 0 Å². The third kappa shape index (κ3) is 4.65. The molecule has 0 aromatic carbocycles. The number of hydrogen-bond acceptors (Lipinski definition) is 2. The van der Waals surface area contributed by atoms with Crippen molar-refractivity contribution in [2.24, 2.45) is 5.73 Å². The van der Waals surface area contributed by atoms with Gasteiger partial charge in [0.2, 0.25) is 0 Å². The maximum absolute atomic E-state index is 12.4. The number of nitrogens with zero attached hydrogens (tertiary/aromatic N) is 1. The molecule has 1 atom stereocenters. The standard InChI is InChI=1S/C15H26N2O/c1-3-5-10-17(11-6-4-2)15(18)13-8-7-9-14(16)12-13/h7-8,12,14H,3-6,9-11,16H2,1-2H3. The molecule has 0 aromatic heterocycles. The Morgan fingerprint density at radius 1 is 1.33 bits per heavy atom. The Kier molecular flexibility index (Phi) is 6.73. The number of carbonyl (C=O) groups is 1. The van der Waals surface area contributed by atoms with Gasteiger partial charge in [-0.15, -0.1) is 0 Å². The molecular formula is C15H26N2O. The lowest BCUT2D eigenvalue weighted by atomic mass is 10.0. The van der Waals surface area contributed by atoms with Crippen molar-refractivity contribution >= 4 is 5.91 Å². The predicted octanol–water partition coefficient (Wildman–Crippen LogP) is 2.63. The molecule has 0 aliphatic heterocycles. The van der Waals surface area contributed by atoms with Gasteiger partial charge >= 0.3 is 0 Å². The minimum Gasteiger partial charge on any atom is -0.339 e. The molecule has 1 aliphatic rings. The lowest BCUT2D eigenvalue weighted by molar-refractivity contribution is -0.127. The summed E-state index contributed by atoms with van der Waals surface area (Å²) in [5.41, 5.74) is 6.63. The van der Waals surface area contributed by atoms with E-state index in [1.54, 1.807) is 0 Å². The number of nitrogens with two attached hydrogens (primary N) is 1. The molecule has 1 unspecified atom stereocenters. The minimum absolute atomic E-state index is 0.00634. The van der Waals surface area contributed by atoms with E-state index < -0.39 is 0 Å². The van der Waals surface area contributed by atoms with Gasteiger partial charge in [0.05, 0.1) is 0 Å². The van der Waals surface area contributed by atoms with E-state index in [0.29, 0.717) is 0 Å². The number of unbranched alkanes of at least 4 members (excludes halogenated alkanes) is 2. The van der Waals surface area contributed by atoms with Crippen LogP contribution in [0.15, 0.2) is 23.8 Å². The van der Waals surface area contributed by atoms with Gasteiger partial charge in [0.1, 0.15) is 0 Å². The smallest absolute Gasteiger partial charge is 0.253 e. The predicted molar refractivity (Wildman–Crippen MR) is 76.2 cm³/mol. The van der Waals surface area contributed by atoms with E-state index in [9.17, 15) is 4.79 Å². The molecule has 0 saturated carbocycles. The summed E-state index contributed by atoms with van der Waals surface area (Å²) in [6.45, 7) is 6.02. The van der Waals surface area contributed by atoms with Crippen LogP contribution in [-0.4, -0.2) is 29.9 Å². The molecule has 3 heteroatoms. The molecule has 0 aromatic rings. The van der Waals surface area contributed by atoms with Crippen molar-refractivity contribution in [3.8, 4) is 0 Å². The second kappa shape index (κ2) is 8.09. The Balaban J connectivity index is 2.65. The Labute approximate surface area is 111 Å². The van der Waals surface area contributed by atoms with Gasteiger partial charge in [0.25, 0.3) is 5.91 Å². The van der Waals surface area contributed by atoms with E-state index in [-0.39, 0.29) is 11.9 Å². The fraction of sp³-hybridized carbons (Fsp3) is 0.667. The Morgan fingerprint density at radius 2 is 1.94 bits per heavy atom. The van der Waals surface area contributed by atoms with Crippen molar-refractivity contribution in [3.63, 3.8) is 0 Å². The summed E-state index contributed by atoms with van der Waals surface area (Å²) >= 11 is 0. The molecule has 3 nitrogen and oxygen atoms in total. The SMILES string of the molecule is CCCCN(CCCC)C(=O)C1=CC(N)CC=C1. The van der Waals surface area contributed by atoms with Crippen LogP contribution in [-0.2, 0) is 4.79 Å². The van der Waals surface area contributed by atoms with Gasteiger partial charge in [0.15, 0.2) is 0 Å². The highest BCUT2D eigenvalue weighted by molar-refractivity contribution is 5.96. The Morgan fingerprint density at radius 3 is 2.44 bits per heavy atom. The molecule has 0 fully saturated rings. The van der Waals surface area contributed by atoms with Gasteiger partial charge in [-0.1, -0.05) is 44.9 Å². The number of hydrogen-bond donors (Lipinski definition) is 1. The topological polar surface area (TPSA) is 46.3 Å². The third-order valence-corrected chi connectivity index (χ3v) is 3.20. The average Bonchev–Trinajstić information content (AvgIpc) is 2.38. The molecule has 0 bridgehead atoms.